The van der Waals surface area contributed by atoms with E-state index in [9.17, 15) is 22.8 Å². The molecule has 4 aromatic heterocycles. The first-order valence-corrected chi connectivity index (χ1v) is 11.5. The van der Waals surface area contributed by atoms with Crippen LogP contribution < -0.4 is 5.32 Å². The van der Waals surface area contributed by atoms with Crippen LogP contribution in [-0.4, -0.2) is 47.7 Å². The molecule has 5 aromatic rings. The lowest BCUT2D eigenvalue weighted by atomic mass is 10.1. The van der Waals surface area contributed by atoms with Gasteiger partial charge in [0.05, 0.1) is 18.5 Å². The molecular weight excluding hydrogens is 527 g/mol. The molecule has 0 spiro atoms. The van der Waals surface area contributed by atoms with Gasteiger partial charge in [-0.25, -0.2) is 23.8 Å². The number of halogens is 4. The Morgan fingerprint density at radius 2 is 1.92 bits per heavy atom. The van der Waals surface area contributed by atoms with Gasteiger partial charge in [-0.15, -0.1) is 0 Å². The van der Waals surface area contributed by atoms with Crippen LogP contribution in [0.25, 0.3) is 22.6 Å². The average Bonchev–Trinajstić information content (AvgIpc) is 3.45. The summed E-state index contributed by atoms with van der Waals surface area (Å²) in [4.78, 5) is 33.4. The van der Waals surface area contributed by atoms with E-state index in [1.54, 1.807) is 37.3 Å². The molecular formula is C24H17ClF3N7O3. The zero-order valence-electron chi connectivity index (χ0n) is 19.7. The van der Waals surface area contributed by atoms with Crippen LogP contribution in [-0.2, 0) is 10.9 Å². The highest BCUT2D eigenvalue weighted by Gasteiger charge is 2.36. The highest BCUT2D eigenvalue weighted by Crippen LogP contribution is 2.32. The van der Waals surface area contributed by atoms with Crippen molar-refractivity contribution in [3.05, 3.63) is 76.5 Å². The van der Waals surface area contributed by atoms with Crippen molar-refractivity contribution < 1.29 is 27.5 Å². The van der Waals surface area contributed by atoms with E-state index < -0.39 is 29.4 Å². The van der Waals surface area contributed by atoms with Crippen LogP contribution in [0.5, 0.6) is 0 Å². The van der Waals surface area contributed by atoms with Crippen LogP contribution in [0, 0.1) is 6.92 Å². The first-order chi connectivity index (χ1) is 18.1. The number of hydrogen-bond acceptors (Lipinski definition) is 7. The second-order valence-electron chi connectivity index (χ2n) is 8.06. The number of nitrogens with one attached hydrogen (secondary N) is 1. The second kappa shape index (κ2) is 9.41. The number of carbonyl (C=O) groups excluding carboxylic acids is 2. The smallest absolute Gasteiger partial charge is 0.433 e. The number of anilines is 1. The van der Waals surface area contributed by atoms with Gasteiger partial charge in [0.15, 0.2) is 17.0 Å². The Morgan fingerprint density at radius 1 is 1.13 bits per heavy atom. The maximum atomic E-state index is 13.5. The van der Waals surface area contributed by atoms with E-state index in [1.807, 2.05) is 0 Å². The Morgan fingerprint density at radius 3 is 2.66 bits per heavy atom. The summed E-state index contributed by atoms with van der Waals surface area (Å²) in [5.41, 5.74) is 0.214. The van der Waals surface area contributed by atoms with Gasteiger partial charge in [0.1, 0.15) is 16.3 Å². The lowest BCUT2D eigenvalue weighted by Crippen LogP contribution is -2.16. The fourth-order valence-corrected chi connectivity index (χ4v) is 4.12. The minimum absolute atomic E-state index is 0.0692. The van der Waals surface area contributed by atoms with Crippen LogP contribution in [0.2, 0.25) is 5.02 Å². The molecule has 0 aliphatic carbocycles. The molecule has 0 aliphatic heterocycles. The zero-order chi connectivity index (χ0) is 27.2. The normalized spacial score (nSPS) is 11.7. The van der Waals surface area contributed by atoms with Gasteiger partial charge in [-0.2, -0.15) is 23.4 Å². The topological polar surface area (TPSA) is 116 Å². The number of nitrogens with zero attached hydrogens (tertiary/aromatic N) is 6. The van der Waals surface area contributed by atoms with Crippen LogP contribution in [0.1, 0.15) is 39.2 Å². The molecule has 0 saturated carbocycles. The molecule has 0 atom stereocenters. The third-order valence-electron chi connectivity index (χ3n) is 5.48. The van der Waals surface area contributed by atoms with Crippen LogP contribution in [0.4, 0.5) is 18.9 Å². The molecule has 0 unspecified atom stereocenters. The molecule has 0 radical (unpaired) electrons. The first kappa shape index (κ1) is 25.1. The standard InChI is InChI=1S/C24H17ClF3N7O3/c1-3-38-23(37)15-11-30-34-16(7-8-29-20(15)34)13-5-4-6-14(10-13)32-22(36)19-18(25)21-31-12(2)9-17(24(26,27)28)35(21)33-19/h4-11H,3H2,1-2H3,(H,32,36). The molecule has 1 amide bonds. The number of alkyl halides is 3. The van der Waals surface area contributed by atoms with Gasteiger partial charge in [-0.05, 0) is 38.1 Å². The van der Waals surface area contributed by atoms with E-state index >= 15 is 0 Å². The van der Waals surface area contributed by atoms with E-state index in [0.717, 1.165) is 6.07 Å². The Hall–Kier alpha value is -4.52. The van der Waals surface area contributed by atoms with Crippen molar-refractivity contribution in [2.24, 2.45) is 0 Å². The number of ether oxygens (including phenoxy) is 1. The summed E-state index contributed by atoms with van der Waals surface area (Å²) in [6.45, 7) is 3.27. The molecule has 0 aliphatic rings. The molecule has 4 heterocycles. The number of benzene rings is 1. The summed E-state index contributed by atoms with van der Waals surface area (Å²) in [5.74, 6) is -1.39. The molecule has 1 aromatic carbocycles. The number of esters is 1. The van der Waals surface area contributed by atoms with Gasteiger partial charge in [0.2, 0.25) is 0 Å². The van der Waals surface area contributed by atoms with E-state index in [4.69, 9.17) is 16.3 Å². The van der Waals surface area contributed by atoms with Crippen LogP contribution in [0.3, 0.4) is 0 Å². The average molecular weight is 544 g/mol. The molecule has 5 rings (SSSR count). The zero-order valence-corrected chi connectivity index (χ0v) is 20.5. The number of amides is 1. The van der Waals surface area contributed by atoms with Gasteiger partial charge >= 0.3 is 12.1 Å². The highest BCUT2D eigenvalue weighted by molar-refractivity contribution is 6.37. The van der Waals surface area contributed by atoms with Crippen molar-refractivity contribution in [1.29, 1.82) is 0 Å². The van der Waals surface area contributed by atoms with E-state index in [2.05, 4.69) is 25.5 Å². The van der Waals surface area contributed by atoms with Crippen molar-refractivity contribution in [2.75, 3.05) is 11.9 Å². The molecule has 38 heavy (non-hydrogen) atoms. The van der Waals surface area contributed by atoms with Gasteiger partial charge in [-0.3, -0.25) is 4.79 Å². The largest absolute Gasteiger partial charge is 0.462 e. The molecule has 194 valence electrons. The lowest BCUT2D eigenvalue weighted by Gasteiger charge is -2.09. The SMILES string of the molecule is CCOC(=O)c1cnn2c(-c3cccc(NC(=O)c4nn5c(C(F)(F)F)cc(C)nc5c4Cl)c3)ccnc12. The summed E-state index contributed by atoms with van der Waals surface area (Å²) >= 11 is 6.22. The maximum absolute atomic E-state index is 13.5. The van der Waals surface area contributed by atoms with Crippen LogP contribution >= 0.6 is 11.6 Å². The van der Waals surface area contributed by atoms with Gasteiger partial charge in [0, 0.05) is 23.1 Å². The Balaban J connectivity index is 1.49. The molecule has 0 saturated heterocycles. The summed E-state index contributed by atoms with van der Waals surface area (Å²) in [6.07, 6.45) is -1.88. The highest BCUT2D eigenvalue weighted by atomic mass is 35.5. The van der Waals surface area contributed by atoms with Gasteiger partial charge in [0.25, 0.3) is 5.91 Å². The number of fused-ring (bicyclic) bond motifs is 2. The molecule has 14 heteroatoms. The summed E-state index contributed by atoms with van der Waals surface area (Å²) < 4.78 is 47.6. The quantitative estimate of drug-likeness (QED) is 0.315. The molecule has 1 N–H and O–H groups in total. The first-order valence-electron chi connectivity index (χ1n) is 11.1. The third-order valence-corrected chi connectivity index (χ3v) is 5.83. The van der Waals surface area contributed by atoms with E-state index in [-0.39, 0.29) is 34.2 Å². The summed E-state index contributed by atoms with van der Waals surface area (Å²) in [6, 6.07) is 9.09. The van der Waals surface area contributed by atoms with Crippen molar-refractivity contribution in [1.82, 2.24) is 29.2 Å². The number of aromatic nitrogens is 6. The van der Waals surface area contributed by atoms with Crippen molar-refractivity contribution >= 4 is 40.5 Å². The predicted octanol–water partition coefficient (Wildman–Crippen LogP) is 4.85. The Kier molecular flexibility index (Phi) is 6.23. The monoisotopic (exact) mass is 543 g/mol. The summed E-state index contributed by atoms with van der Waals surface area (Å²) in [5, 5.41) is 10.3. The second-order valence-corrected chi connectivity index (χ2v) is 8.44. The van der Waals surface area contributed by atoms with E-state index in [0.29, 0.717) is 21.5 Å². The minimum Gasteiger partial charge on any atom is -0.462 e. The fraction of sp³-hybridized carbons (Fsp3) is 0.167. The molecule has 0 fully saturated rings. The fourth-order valence-electron chi connectivity index (χ4n) is 3.87. The van der Waals surface area contributed by atoms with Gasteiger partial charge in [-0.1, -0.05) is 23.7 Å². The van der Waals surface area contributed by atoms with Crippen molar-refractivity contribution in [3.63, 3.8) is 0 Å². The third kappa shape index (κ3) is 4.41. The maximum Gasteiger partial charge on any atom is 0.433 e. The number of aryl methyl sites for hydroxylation is 1. The molecule has 10 nitrogen and oxygen atoms in total. The van der Waals surface area contributed by atoms with Crippen LogP contribution in [0.15, 0.2) is 48.8 Å². The lowest BCUT2D eigenvalue weighted by molar-refractivity contribution is -0.142. The van der Waals surface area contributed by atoms with Gasteiger partial charge < -0.3 is 10.1 Å². The van der Waals surface area contributed by atoms with E-state index in [1.165, 1.54) is 23.8 Å². The van der Waals surface area contributed by atoms with Crippen molar-refractivity contribution in [2.45, 2.75) is 20.0 Å². The number of hydrogen-bond donors (Lipinski definition) is 1. The Bertz CT molecular complexity index is 1730. The number of carbonyl (C=O) groups is 2. The summed E-state index contributed by atoms with van der Waals surface area (Å²) in [7, 11) is 0. The predicted molar refractivity (Wildman–Crippen MR) is 130 cm³/mol. The Labute approximate surface area is 217 Å². The minimum atomic E-state index is -4.74. The van der Waals surface area contributed by atoms with Crippen molar-refractivity contribution in [3.8, 4) is 11.3 Å². The number of rotatable bonds is 5. The molecule has 0 bridgehead atoms.